The van der Waals surface area contributed by atoms with E-state index >= 15 is 0 Å². The third-order valence-electron chi connectivity index (χ3n) is 3.55. The van der Waals surface area contributed by atoms with Gasteiger partial charge in [0.1, 0.15) is 18.8 Å². The van der Waals surface area contributed by atoms with E-state index in [2.05, 4.69) is 10.2 Å². The molecule has 1 aromatic heterocycles. The predicted octanol–water partition coefficient (Wildman–Crippen LogP) is 3.37. The van der Waals surface area contributed by atoms with Crippen molar-refractivity contribution in [3.8, 4) is 0 Å². The topological polar surface area (TPSA) is 100 Å². The normalized spacial score (nSPS) is 10.6. The highest BCUT2D eigenvalue weighted by atomic mass is 32.2. The zero-order valence-electron chi connectivity index (χ0n) is 14.0. The van der Waals surface area contributed by atoms with Crippen LogP contribution in [-0.2, 0) is 18.4 Å². The Kier molecular flexibility index (Phi) is 5.46. The number of benzene rings is 2. The van der Waals surface area contributed by atoms with Crippen molar-refractivity contribution in [2.24, 2.45) is 7.05 Å². The molecule has 3 aromatic rings. The van der Waals surface area contributed by atoms with E-state index in [0.717, 1.165) is 17.8 Å². The number of hydrogen-bond donors (Lipinski definition) is 0. The number of halogens is 1. The molecule has 138 valence electrons. The fourth-order valence-electron chi connectivity index (χ4n) is 2.15. The molecule has 0 radical (unpaired) electrons. The largest absolute Gasteiger partial charge is 0.457 e. The van der Waals surface area contributed by atoms with Crippen LogP contribution in [0.25, 0.3) is 0 Å². The molecule has 0 atom stereocenters. The summed E-state index contributed by atoms with van der Waals surface area (Å²) in [5.74, 6) is -1.10. The number of hydrogen-bond acceptors (Lipinski definition) is 7. The first-order valence-electron chi connectivity index (χ1n) is 7.66. The number of ether oxygens (including phenoxy) is 1. The van der Waals surface area contributed by atoms with Crippen LogP contribution in [0.4, 0.5) is 10.1 Å². The maximum absolute atomic E-state index is 12.9. The standard InChI is InChI=1S/C17H13FN4O4S/c1-21-10-19-20-17(21)27-15-7-4-12(8-14(15)22(24)25)16(23)26-9-11-2-5-13(18)6-3-11/h2-8,10H,9H2,1H3. The summed E-state index contributed by atoms with van der Waals surface area (Å²) in [4.78, 5) is 23.3. The van der Waals surface area contributed by atoms with E-state index in [4.69, 9.17) is 4.74 Å². The molecule has 10 heteroatoms. The Hall–Kier alpha value is -3.27. The number of nitrogens with zero attached hydrogens (tertiary/aromatic N) is 4. The van der Waals surface area contributed by atoms with Crippen molar-refractivity contribution in [3.05, 3.63) is 75.9 Å². The average molecular weight is 388 g/mol. The van der Waals surface area contributed by atoms with Gasteiger partial charge in [0.05, 0.1) is 15.4 Å². The molecule has 0 bridgehead atoms. The van der Waals surface area contributed by atoms with E-state index in [9.17, 15) is 19.3 Å². The fourth-order valence-corrected chi connectivity index (χ4v) is 3.00. The lowest BCUT2D eigenvalue weighted by molar-refractivity contribution is -0.387. The minimum atomic E-state index is -0.711. The molecular weight excluding hydrogens is 375 g/mol. The highest BCUT2D eigenvalue weighted by Crippen LogP contribution is 2.34. The van der Waals surface area contributed by atoms with Gasteiger partial charge in [-0.25, -0.2) is 9.18 Å². The summed E-state index contributed by atoms with van der Waals surface area (Å²) in [6.45, 7) is -0.0671. The van der Waals surface area contributed by atoms with Crippen LogP contribution in [0.3, 0.4) is 0 Å². The number of carbonyl (C=O) groups excluding carboxylic acids is 1. The Morgan fingerprint density at radius 3 is 2.67 bits per heavy atom. The van der Waals surface area contributed by atoms with Crippen molar-refractivity contribution in [3.63, 3.8) is 0 Å². The fraction of sp³-hybridized carbons (Fsp3) is 0.118. The molecule has 0 N–H and O–H groups in total. The Morgan fingerprint density at radius 2 is 2.04 bits per heavy atom. The maximum atomic E-state index is 12.9. The van der Waals surface area contributed by atoms with Crippen LogP contribution < -0.4 is 0 Å². The van der Waals surface area contributed by atoms with Gasteiger partial charge in [-0.15, -0.1) is 10.2 Å². The van der Waals surface area contributed by atoms with Gasteiger partial charge in [0.25, 0.3) is 5.69 Å². The molecule has 0 saturated heterocycles. The second-order valence-corrected chi connectivity index (χ2v) is 6.48. The molecule has 0 spiro atoms. The molecule has 0 fully saturated rings. The number of aryl methyl sites for hydroxylation is 1. The molecule has 0 aliphatic heterocycles. The summed E-state index contributed by atoms with van der Waals surface area (Å²) in [6.07, 6.45) is 1.48. The number of aromatic nitrogens is 3. The lowest BCUT2D eigenvalue weighted by atomic mass is 10.2. The molecule has 1 heterocycles. The van der Waals surface area contributed by atoms with Gasteiger partial charge in [-0.2, -0.15) is 0 Å². The Labute approximate surface area is 157 Å². The summed E-state index contributed by atoms with van der Waals surface area (Å²) in [5, 5.41) is 19.5. The van der Waals surface area contributed by atoms with Crippen LogP contribution in [0.1, 0.15) is 15.9 Å². The number of nitro benzene ring substituents is 1. The summed E-state index contributed by atoms with van der Waals surface area (Å²) in [7, 11) is 1.72. The molecule has 0 aliphatic carbocycles. The number of carbonyl (C=O) groups is 1. The summed E-state index contributed by atoms with van der Waals surface area (Å²) in [5.41, 5.74) is 0.416. The average Bonchev–Trinajstić information content (AvgIpc) is 3.06. The molecule has 0 amide bonds. The van der Waals surface area contributed by atoms with E-state index in [-0.39, 0.29) is 17.9 Å². The van der Waals surface area contributed by atoms with E-state index in [1.165, 1.54) is 42.7 Å². The SMILES string of the molecule is Cn1cnnc1Sc1ccc(C(=O)OCc2ccc(F)cc2)cc1[N+](=O)[O-]. The Morgan fingerprint density at radius 1 is 1.30 bits per heavy atom. The highest BCUT2D eigenvalue weighted by Gasteiger charge is 2.20. The first kappa shape index (κ1) is 18.5. The van der Waals surface area contributed by atoms with Crippen molar-refractivity contribution in [2.75, 3.05) is 0 Å². The quantitative estimate of drug-likeness (QED) is 0.362. The first-order chi connectivity index (χ1) is 12.9. The van der Waals surface area contributed by atoms with E-state index in [1.54, 1.807) is 11.6 Å². The second kappa shape index (κ2) is 7.96. The van der Waals surface area contributed by atoms with Crippen molar-refractivity contribution < 1.29 is 18.8 Å². The summed E-state index contributed by atoms with van der Waals surface area (Å²) >= 11 is 1.07. The minimum absolute atomic E-state index is 0.0473. The zero-order chi connectivity index (χ0) is 19.4. The van der Waals surface area contributed by atoms with Gasteiger partial charge in [0.2, 0.25) is 0 Å². The summed E-state index contributed by atoms with van der Waals surface area (Å²) in [6, 6.07) is 9.56. The number of nitro groups is 1. The predicted molar refractivity (Wildman–Crippen MR) is 93.7 cm³/mol. The third-order valence-corrected chi connectivity index (χ3v) is 4.66. The molecule has 27 heavy (non-hydrogen) atoms. The van der Waals surface area contributed by atoms with Crippen LogP contribution in [0.2, 0.25) is 0 Å². The smallest absolute Gasteiger partial charge is 0.338 e. The van der Waals surface area contributed by atoms with Crippen LogP contribution in [0, 0.1) is 15.9 Å². The molecular formula is C17H13FN4O4S. The Balaban J connectivity index is 1.76. The van der Waals surface area contributed by atoms with E-state index < -0.39 is 16.7 Å². The lowest BCUT2D eigenvalue weighted by Gasteiger charge is -2.07. The number of esters is 1. The minimum Gasteiger partial charge on any atom is -0.457 e. The zero-order valence-corrected chi connectivity index (χ0v) is 14.9. The molecule has 0 unspecified atom stereocenters. The van der Waals surface area contributed by atoms with E-state index in [0.29, 0.717) is 15.6 Å². The number of rotatable bonds is 6. The second-order valence-electron chi connectivity index (χ2n) is 5.47. The van der Waals surface area contributed by atoms with Crippen molar-refractivity contribution >= 4 is 23.4 Å². The van der Waals surface area contributed by atoms with Crippen LogP contribution in [0.15, 0.2) is 58.8 Å². The van der Waals surface area contributed by atoms with Gasteiger partial charge in [0.15, 0.2) is 5.16 Å². The first-order valence-corrected chi connectivity index (χ1v) is 8.47. The van der Waals surface area contributed by atoms with Crippen molar-refractivity contribution in [2.45, 2.75) is 16.7 Å². The molecule has 2 aromatic carbocycles. The molecule has 3 rings (SSSR count). The van der Waals surface area contributed by atoms with Crippen molar-refractivity contribution in [1.82, 2.24) is 14.8 Å². The molecule has 8 nitrogen and oxygen atoms in total. The van der Waals surface area contributed by atoms with Gasteiger partial charge in [-0.05, 0) is 41.6 Å². The lowest BCUT2D eigenvalue weighted by Crippen LogP contribution is -2.06. The maximum Gasteiger partial charge on any atom is 0.338 e. The van der Waals surface area contributed by atoms with E-state index in [1.807, 2.05) is 0 Å². The van der Waals surface area contributed by atoms with Gasteiger partial charge >= 0.3 is 5.97 Å². The van der Waals surface area contributed by atoms with Gasteiger partial charge in [-0.3, -0.25) is 10.1 Å². The molecule has 0 aliphatic rings. The van der Waals surface area contributed by atoms with Crippen LogP contribution >= 0.6 is 11.8 Å². The Bertz CT molecular complexity index is 991. The monoisotopic (exact) mass is 388 g/mol. The van der Waals surface area contributed by atoms with Crippen LogP contribution in [0.5, 0.6) is 0 Å². The van der Waals surface area contributed by atoms with Gasteiger partial charge < -0.3 is 9.30 Å². The van der Waals surface area contributed by atoms with Crippen molar-refractivity contribution in [1.29, 1.82) is 0 Å². The van der Waals surface area contributed by atoms with Gasteiger partial charge in [-0.1, -0.05) is 12.1 Å². The third kappa shape index (κ3) is 4.47. The van der Waals surface area contributed by atoms with Crippen LogP contribution in [-0.4, -0.2) is 25.7 Å². The molecule has 0 saturated carbocycles. The van der Waals surface area contributed by atoms with Gasteiger partial charge in [0, 0.05) is 13.1 Å². The highest BCUT2D eigenvalue weighted by molar-refractivity contribution is 7.99. The summed E-state index contributed by atoms with van der Waals surface area (Å²) < 4.78 is 19.6.